The van der Waals surface area contributed by atoms with Crippen LogP contribution in [0.15, 0.2) is 0 Å². The molecule has 0 aliphatic rings. The van der Waals surface area contributed by atoms with Crippen molar-refractivity contribution in [1.29, 1.82) is 0 Å². The zero-order chi connectivity index (χ0) is 13.6. The van der Waals surface area contributed by atoms with Crippen LogP contribution in [-0.4, -0.2) is 28.7 Å². The minimum atomic E-state index is -4.67. The van der Waals surface area contributed by atoms with Crippen molar-refractivity contribution < 1.29 is 22.6 Å². The van der Waals surface area contributed by atoms with Crippen LogP contribution in [0.1, 0.15) is 59.8 Å². The smallest absolute Gasteiger partial charge is 0.394 e. The zero-order valence-electron chi connectivity index (χ0n) is 10.7. The second kappa shape index (κ2) is 14.8. The minimum absolute atomic E-state index is 0.167. The molecule has 0 fully saturated rings. The molecular formula is C10H26O5S. The van der Waals surface area contributed by atoms with Gasteiger partial charge in [0.15, 0.2) is 0 Å². The van der Waals surface area contributed by atoms with Crippen LogP contribution >= 0.6 is 0 Å². The fourth-order valence-corrected chi connectivity index (χ4v) is 0.677. The first-order valence-corrected chi connectivity index (χ1v) is 6.92. The summed E-state index contributed by atoms with van der Waals surface area (Å²) in [5, 5.41) is 8.06. The van der Waals surface area contributed by atoms with Crippen LogP contribution in [0.5, 0.6) is 0 Å². The van der Waals surface area contributed by atoms with Gasteiger partial charge < -0.3 is 5.11 Å². The Kier molecular flexibility index (Phi) is 19.6. The SMILES string of the molecule is CC(C)O.CCCCCCC.O=S(=O)(O)O. The Morgan fingerprint density at radius 3 is 1.25 bits per heavy atom. The van der Waals surface area contributed by atoms with Crippen molar-refractivity contribution in [2.45, 2.75) is 65.9 Å². The van der Waals surface area contributed by atoms with Crippen LogP contribution in [0.4, 0.5) is 0 Å². The van der Waals surface area contributed by atoms with Crippen molar-refractivity contribution in [3.63, 3.8) is 0 Å². The van der Waals surface area contributed by atoms with Crippen molar-refractivity contribution >= 4 is 10.4 Å². The third-order valence-electron chi connectivity index (χ3n) is 1.21. The second-order valence-electron chi connectivity index (χ2n) is 3.60. The Morgan fingerprint density at radius 1 is 0.938 bits per heavy atom. The Bertz CT molecular complexity index is 185. The fraction of sp³-hybridized carbons (Fsp3) is 1.00. The van der Waals surface area contributed by atoms with E-state index in [4.69, 9.17) is 22.6 Å². The number of rotatable bonds is 4. The number of hydrogen-bond donors (Lipinski definition) is 3. The van der Waals surface area contributed by atoms with Gasteiger partial charge in [-0.05, 0) is 13.8 Å². The predicted molar refractivity (Wildman–Crippen MR) is 66.0 cm³/mol. The average Bonchev–Trinajstić information content (AvgIpc) is 2.01. The van der Waals surface area contributed by atoms with Gasteiger partial charge in [-0.3, -0.25) is 9.11 Å². The van der Waals surface area contributed by atoms with Gasteiger partial charge in [0.2, 0.25) is 0 Å². The van der Waals surface area contributed by atoms with Crippen molar-refractivity contribution in [2.75, 3.05) is 0 Å². The van der Waals surface area contributed by atoms with Crippen LogP contribution in [0.25, 0.3) is 0 Å². The van der Waals surface area contributed by atoms with Gasteiger partial charge in [-0.2, -0.15) is 8.42 Å². The van der Waals surface area contributed by atoms with Gasteiger partial charge in [0, 0.05) is 6.10 Å². The molecule has 0 aromatic rings. The molecule has 5 nitrogen and oxygen atoms in total. The van der Waals surface area contributed by atoms with E-state index in [0.29, 0.717) is 0 Å². The van der Waals surface area contributed by atoms with E-state index in [1.165, 1.54) is 32.1 Å². The maximum atomic E-state index is 8.74. The van der Waals surface area contributed by atoms with Gasteiger partial charge in [0.25, 0.3) is 0 Å². The quantitative estimate of drug-likeness (QED) is 0.532. The lowest BCUT2D eigenvalue weighted by Crippen LogP contribution is -1.89. The number of aliphatic hydroxyl groups excluding tert-OH is 1. The van der Waals surface area contributed by atoms with Crippen molar-refractivity contribution in [3.8, 4) is 0 Å². The number of unbranched alkanes of at least 4 members (excludes halogenated alkanes) is 4. The van der Waals surface area contributed by atoms with Crippen molar-refractivity contribution in [1.82, 2.24) is 0 Å². The molecule has 0 radical (unpaired) electrons. The topological polar surface area (TPSA) is 94.8 Å². The van der Waals surface area contributed by atoms with Crippen LogP contribution in [-0.2, 0) is 10.4 Å². The lowest BCUT2D eigenvalue weighted by molar-refractivity contribution is 0.216. The Labute approximate surface area is 99.5 Å². The standard InChI is InChI=1S/C7H16.C3H8O.H2O4S/c1-3-5-7-6-4-2;1-3(2)4;1-5(2,3)4/h3-7H2,1-2H3;3-4H,1-2H3;(H2,1,2,3,4). The largest absolute Gasteiger partial charge is 0.394 e. The highest BCUT2D eigenvalue weighted by atomic mass is 32.3. The van der Waals surface area contributed by atoms with Crippen molar-refractivity contribution in [3.05, 3.63) is 0 Å². The molecule has 6 heteroatoms. The van der Waals surface area contributed by atoms with Crippen LogP contribution in [0, 0.1) is 0 Å². The molecule has 0 amide bonds. The third kappa shape index (κ3) is 155. The summed E-state index contributed by atoms with van der Waals surface area (Å²) >= 11 is 0. The first kappa shape index (κ1) is 21.1. The average molecular weight is 258 g/mol. The van der Waals surface area contributed by atoms with Gasteiger partial charge in [-0.1, -0.05) is 46.0 Å². The van der Waals surface area contributed by atoms with Crippen molar-refractivity contribution in [2.24, 2.45) is 0 Å². The highest BCUT2D eigenvalue weighted by molar-refractivity contribution is 7.79. The molecule has 0 aliphatic heterocycles. The summed E-state index contributed by atoms with van der Waals surface area (Å²) < 4.78 is 31.6. The molecule has 0 spiro atoms. The zero-order valence-corrected chi connectivity index (χ0v) is 11.5. The van der Waals surface area contributed by atoms with E-state index >= 15 is 0 Å². The number of aliphatic hydroxyl groups is 1. The summed E-state index contributed by atoms with van der Waals surface area (Å²) in [6.45, 7) is 7.94. The van der Waals surface area contributed by atoms with E-state index in [-0.39, 0.29) is 6.10 Å². The van der Waals surface area contributed by atoms with E-state index in [0.717, 1.165) is 0 Å². The van der Waals surface area contributed by atoms with E-state index in [1.54, 1.807) is 13.8 Å². The predicted octanol–water partition coefficient (Wildman–Crippen LogP) is 2.71. The maximum absolute atomic E-state index is 8.74. The molecular weight excluding hydrogens is 232 g/mol. The summed E-state index contributed by atoms with van der Waals surface area (Å²) in [4.78, 5) is 0. The van der Waals surface area contributed by atoms with E-state index < -0.39 is 10.4 Å². The summed E-state index contributed by atoms with van der Waals surface area (Å²) in [6.07, 6.45) is 6.84. The second-order valence-corrected chi connectivity index (χ2v) is 4.50. The molecule has 0 atom stereocenters. The van der Waals surface area contributed by atoms with E-state index in [9.17, 15) is 0 Å². The Balaban J connectivity index is -0.000000166. The lowest BCUT2D eigenvalue weighted by atomic mass is 10.2. The normalized spacial score (nSPS) is 10.0. The molecule has 0 heterocycles. The summed E-state index contributed by atoms with van der Waals surface area (Å²) in [5.74, 6) is 0. The monoisotopic (exact) mass is 258 g/mol. The highest BCUT2D eigenvalue weighted by Crippen LogP contribution is 2.00. The highest BCUT2D eigenvalue weighted by Gasteiger charge is 1.84. The summed E-state index contributed by atoms with van der Waals surface area (Å²) in [7, 11) is -4.67. The molecule has 0 rings (SSSR count). The lowest BCUT2D eigenvalue weighted by Gasteiger charge is -1.90. The summed E-state index contributed by atoms with van der Waals surface area (Å²) in [5.41, 5.74) is 0. The van der Waals surface area contributed by atoms with Gasteiger partial charge in [0.1, 0.15) is 0 Å². The molecule has 16 heavy (non-hydrogen) atoms. The third-order valence-corrected chi connectivity index (χ3v) is 1.21. The summed E-state index contributed by atoms with van der Waals surface area (Å²) in [6, 6.07) is 0. The molecule has 0 bridgehead atoms. The first-order chi connectivity index (χ1) is 7.15. The van der Waals surface area contributed by atoms with Gasteiger partial charge >= 0.3 is 10.4 Å². The minimum Gasteiger partial charge on any atom is -0.394 e. The van der Waals surface area contributed by atoms with Crippen LogP contribution < -0.4 is 0 Å². The van der Waals surface area contributed by atoms with Crippen LogP contribution in [0.2, 0.25) is 0 Å². The first-order valence-electron chi connectivity index (χ1n) is 5.53. The molecule has 0 aromatic heterocycles. The number of hydrogen-bond acceptors (Lipinski definition) is 3. The molecule has 0 aromatic carbocycles. The van der Waals surface area contributed by atoms with Gasteiger partial charge in [-0.25, -0.2) is 0 Å². The molecule has 102 valence electrons. The molecule has 0 saturated heterocycles. The molecule has 0 unspecified atom stereocenters. The maximum Gasteiger partial charge on any atom is 0.394 e. The van der Waals surface area contributed by atoms with E-state index in [2.05, 4.69) is 13.8 Å². The van der Waals surface area contributed by atoms with E-state index in [1.807, 2.05) is 0 Å². The molecule has 3 N–H and O–H groups in total. The molecule has 0 saturated carbocycles. The van der Waals surface area contributed by atoms with Gasteiger partial charge in [0.05, 0.1) is 0 Å². The Morgan fingerprint density at radius 2 is 1.12 bits per heavy atom. The fourth-order valence-electron chi connectivity index (χ4n) is 0.677. The Hall–Kier alpha value is -0.170. The van der Waals surface area contributed by atoms with Crippen LogP contribution in [0.3, 0.4) is 0 Å². The van der Waals surface area contributed by atoms with Gasteiger partial charge in [-0.15, -0.1) is 0 Å². The molecule has 0 aliphatic carbocycles.